The van der Waals surface area contributed by atoms with E-state index in [1.54, 1.807) is 54.9 Å². The average Bonchev–Trinajstić information content (AvgIpc) is 3.16. The molecule has 2 N–H and O–H groups in total. The minimum absolute atomic E-state index is 0.126. The van der Waals surface area contributed by atoms with E-state index in [0.717, 1.165) is 5.56 Å². The zero-order valence-corrected chi connectivity index (χ0v) is 19.4. The average molecular weight is 468 g/mol. The number of rotatable bonds is 9. The van der Waals surface area contributed by atoms with Crippen LogP contribution in [-0.2, 0) is 23.1 Å². The maximum Gasteiger partial charge on any atom is 0.338 e. The van der Waals surface area contributed by atoms with Crippen LogP contribution in [0.3, 0.4) is 0 Å². The van der Waals surface area contributed by atoms with Gasteiger partial charge in [0.05, 0.1) is 24.5 Å². The topological polar surface area (TPSA) is 115 Å². The molecule has 0 atom stereocenters. The Hall–Kier alpha value is -3.66. The number of carbonyl (C=O) groups excluding carboxylic acids is 3. The van der Waals surface area contributed by atoms with Crippen LogP contribution in [0.2, 0.25) is 0 Å². The van der Waals surface area contributed by atoms with Gasteiger partial charge in [-0.2, -0.15) is 0 Å². The number of hydrogen-bond acceptors (Lipinski definition) is 7. The minimum Gasteiger partial charge on any atom is -0.462 e. The molecular weight excluding hydrogens is 442 g/mol. The summed E-state index contributed by atoms with van der Waals surface area (Å²) in [5.41, 5.74) is 2.65. The summed E-state index contributed by atoms with van der Waals surface area (Å²) in [6, 6.07) is 13.8. The van der Waals surface area contributed by atoms with Crippen molar-refractivity contribution in [2.45, 2.75) is 25.5 Å². The number of hydrogen-bond donors (Lipinski definition) is 2. The summed E-state index contributed by atoms with van der Waals surface area (Å²) >= 11 is 1.23. The van der Waals surface area contributed by atoms with Crippen LogP contribution >= 0.6 is 11.8 Å². The van der Waals surface area contributed by atoms with Crippen LogP contribution < -0.4 is 10.6 Å². The number of ether oxygens (including phenoxy) is 1. The standard InChI is InChI=1S/C23H25N5O4S/c1-4-32-22(31)17-9-11-18(12-10-17)25-20(29)14-33-23-27-26-19(28(23)3)13-24-21(30)16-7-5-15(2)6-8-16/h5-12H,4,13-14H2,1-3H3,(H,24,30)(H,25,29). The third-order valence-corrected chi connectivity index (χ3v) is 5.68. The lowest BCUT2D eigenvalue weighted by Gasteiger charge is -2.07. The van der Waals surface area contributed by atoms with Crippen LogP contribution in [0.5, 0.6) is 0 Å². The summed E-state index contributed by atoms with van der Waals surface area (Å²) in [4.78, 5) is 36.2. The predicted octanol–water partition coefficient (Wildman–Crippen LogP) is 2.96. The second-order valence-corrected chi connectivity index (χ2v) is 8.08. The number of esters is 1. The van der Waals surface area contributed by atoms with E-state index in [2.05, 4.69) is 20.8 Å². The zero-order chi connectivity index (χ0) is 23.8. The highest BCUT2D eigenvalue weighted by Crippen LogP contribution is 2.17. The predicted molar refractivity (Wildman–Crippen MR) is 125 cm³/mol. The van der Waals surface area contributed by atoms with Crippen LogP contribution in [0.1, 0.15) is 39.0 Å². The quantitative estimate of drug-likeness (QED) is 0.367. The molecule has 0 saturated carbocycles. The Morgan fingerprint density at radius 1 is 1.00 bits per heavy atom. The van der Waals surface area contributed by atoms with Gasteiger partial charge in [-0.1, -0.05) is 29.5 Å². The lowest BCUT2D eigenvalue weighted by Crippen LogP contribution is -2.24. The molecule has 33 heavy (non-hydrogen) atoms. The minimum atomic E-state index is -0.404. The van der Waals surface area contributed by atoms with Crippen LogP contribution in [0, 0.1) is 6.92 Å². The van der Waals surface area contributed by atoms with Gasteiger partial charge in [0.15, 0.2) is 11.0 Å². The summed E-state index contributed by atoms with van der Waals surface area (Å²) in [6.45, 7) is 4.22. The van der Waals surface area contributed by atoms with Crippen LogP contribution in [-0.4, -0.2) is 44.9 Å². The molecule has 2 aromatic carbocycles. The molecule has 1 aromatic heterocycles. The Kier molecular flexibility index (Phi) is 8.20. The molecule has 0 unspecified atom stereocenters. The Morgan fingerprint density at radius 2 is 1.67 bits per heavy atom. The first-order chi connectivity index (χ1) is 15.9. The molecule has 0 fully saturated rings. The van der Waals surface area contributed by atoms with Crippen molar-refractivity contribution >= 4 is 35.2 Å². The van der Waals surface area contributed by atoms with Crippen molar-refractivity contribution in [2.24, 2.45) is 7.05 Å². The van der Waals surface area contributed by atoms with Crippen molar-refractivity contribution in [1.29, 1.82) is 0 Å². The van der Waals surface area contributed by atoms with E-state index in [4.69, 9.17) is 4.74 Å². The Labute approximate surface area is 195 Å². The summed E-state index contributed by atoms with van der Waals surface area (Å²) in [6.07, 6.45) is 0. The molecule has 3 aromatic rings. The van der Waals surface area contributed by atoms with Gasteiger partial charge in [-0.3, -0.25) is 9.59 Å². The molecule has 0 bridgehead atoms. The number of aryl methyl sites for hydroxylation is 1. The lowest BCUT2D eigenvalue weighted by molar-refractivity contribution is -0.113. The van der Waals surface area contributed by atoms with Gasteiger partial charge in [0.25, 0.3) is 5.91 Å². The van der Waals surface area contributed by atoms with E-state index in [1.165, 1.54) is 11.8 Å². The summed E-state index contributed by atoms with van der Waals surface area (Å²) < 4.78 is 6.68. The normalized spacial score (nSPS) is 10.5. The van der Waals surface area contributed by atoms with Gasteiger partial charge in [0.2, 0.25) is 5.91 Å². The number of anilines is 1. The second-order valence-electron chi connectivity index (χ2n) is 7.14. The lowest BCUT2D eigenvalue weighted by atomic mass is 10.1. The highest BCUT2D eigenvalue weighted by Gasteiger charge is 2.13. The van der Waals surface area contributed by atoms with Crippen molar-refractivity contribution in [1.82, 2.24) is 20.1 Å². The maximum absolute atomic E-state index is 12.3. The monoisotopic (exact) mass is 467 g/mol. The first kappa shape index (κ1) is 24.0. The highest BCUT2D eigenvalue weighted by atomic mass is 32.2. The number of aromatic nitrogens is 3. The van der Waals surface area contributed by atoms with E-state index < -0.39 is 5.97 Å². The van der Waals surface area contributed by atoms with E-state index in [0.29, 0.717) is 34.4 Å². The number of amides is 2. The van der Waals surface area contributed by atoms with Gasteiger partial charge >= 0.3 is 5.97 Å². The molecule has 2 amide bonds. The number of carbonyl (C=O) groups is 3. The van der Waals surface area contributed by atoms with E-state index in [9.17, 15) is 14.4 Å². The third kappa shape index (κ3) is 6.66. The Morgan fingerprint density at radius 3 is 2.33 bits per heavy atom. The molecule has 0 aliphatic heterocycles. The molecule has 1 heterocycles. The molecule has 9 nitrogen and oxygen atoms in total. The molecule has 0 aliphatic carbocycles. The summed E-state index contributed by atoms with van der Waals surface area (Å²) in [5, 5.41) is 14.4. The molecular formula is C23H25N5O4S. The Bertz CT molecular complexity index is 1130. The van der Waals surface area contributed by atoms with Crippen molar-refractivity contribution in [3.8, 4) is 0 Å². The van der Waals surface area contributed by atoms with E-state index in [-0.39, 0.29) is 24.1 Å². The SMILES string of the molecule is CCOC(=O)c1ccc(NC(=O)CSc2nnc(CNC(=O)c3ccc(C)cc3)n2C)cc1. The third-order valence-electron chi connectivity index (χ3n) is 4.66. The van der Waals surface area contributed by atoms with E-state index >= 15 is 0 Å². The van der Waals surface area contributed by atoms with Crippen molar-refractivity contribution in [2.75, 3.05) is 17.7 Å². The van der Waals surface area contributed by atoms with Crippen molar-refractivity contribution < 1.29 is 19.1 Å². The van der Waals surface area contributed by atoms with Crippen molar-refractivity contribution in [3.05, 3.63) is 71.0 Å². The fourth-order valence-corrected chi connectivity index (χ4v) is 3.55. The number of nitrogens with one attached hydrogen (secondary N) is 2. The number of thioether (sulfide) groups is 1. The summed E-state index contributed by atoms with van der Waals surface area (Å²) in [7, 11) is 1.78. The molecule has 10 heteroatoms. The molecule has 0 spiro atoms. The number of nitrogens with zero attached hydrogens (tertiary/aromatic N) is 3. The molecule has 3 rings (SSSR count). The van der Waals surface area contributed by atoms with Gasteiger partial charge in [-0.25, -0.2) is 4.79 Å². The molecule has 0 saturated heterocycles. The van der Waals surface area contributed by atoms with Gasteiger partial charge in [-0.05, 0) is 50.2 Å². The number of benzene rings is 2. The van der Waals surface area contributed by atoms with Gasteiger partial charge in [-0.15, -0.1) is 10.2 Å². The Balaban J connectivity index is 1.48. The maximum atomic E-state index is 12.3. The van der Waals surface area contributed by atoms with Gasteiger partial charge < -0.3 is 19.9 Å². The molecule has 0 radical (unpaired) electrons. The summed E-state index contributed by atoms with van der Waals surface area (Å²) in [5.74, 6) is -0.116. The van der Waals surface area contributed by atoms with Crippen molar-refractivity contribution in [3.63, 3.8) is 0 Å². The van der Waals surface area contributed by atoms with Crippen LogP contribution in [0.15, 0.2) is 53.7 Å². The van der Waals surface area contributed by atoms with Crippen LogP contribution in [0.25, 0.3) is 0 Å². The largest absolute Gasteiger partial charge is 0.462 e. The van der Waals surface area contributed by atoms with Gasteiger partial charge in [0, 0.05) is 18.3 Å². The fraction of sp³-hybridized carbons (Fsp3) is 0.261. The zero-order valence-electron chi connectivity index (χ0n) is 18.6. The van der Waals surface area contributed by atoms with Gasteiger partial charge in [0.1, 0.15) is 0 Å². The first-order valence-corrected chi connectivity index (χ1v) is 11.3. The highest BCUT2D eigenvalue weighted by molar-refractivity contribution is 7.99. The first-order valence-electron chi connectivity index (χ1n) is 10.3. The second kappa shape index (κ2) is 11.3. The molecule has 172 valence electrons. The van der Waals surface area contributed by atoms with Crippen LogP contribution in [0.4, 0.5) is 5.69 Å². The molecule has 0 aliphatic rings. The smallest absolute Gasteiger partial charge is 0.338 e. The van der Waals surface area contributed by atoms with E-state index in [1.807, 2.05) is 19.1 Å². The fourth-order valence-electron chi connectivity index (χ4n) is 2.82.